The first-order valence-corrected chi connectivity index (χ1v) is 7.71. The zero-order valence-corrected chi connectivity index (χ0v) is 13.0. The standard InChI is InChI=1S/C15H14N4O2S/c1-3-19-14(21)11-7-5-4-6-10(11)12(18-19)13(20)17-15-16-9(2)8-22-15/h4-8H,3H2,1-2H3,(H,16,17,20). The number of benzene rings is 1. The van der Waals surface area contributed by atoms with Crippen molar-refractivity contribution >= 4 is 33.1 Å². The molecule has 0 saturated carbocycles. The van der Waals surface area contributed by atoms with E-state index in [9.17, 15) is 9.59 Å². The van der Waals surface area contributed by atoms with E-state index in [4.69, 9.17) is 0 Å². The van der Waals surface area contributed by atoms with Crippen LogP contribution in [0.4, 0.5) is 5.13 Å². The second-order valence-electron chi connectivity index (χ2n) is 4.76. The number of rotatable bonds is 3. The average Bonchev–Trinajstić information content (AvgIpc) is 2.93. The van der Waals surface area contributed by atoms with Crippen LogP contribution in [0.15, 0.2) is 34.4 Å². The summed E-state index contributed by atoms with van der Waals surface area (Å²) in [7, 11) is 0. The minimum absolute atomic E-state index is 0.195. The number of carbonyl (C=O) groups excluding carboxylic acids is 1. The third kappa shape index (κ3) is 2.50. The van der Waals surface area contributed by atoms with Crippen LogP contribution in [0.25, 0.3) is 10.8 Å². The number of aryl methyl sites for hydroxylation is 2. The van der Waals surface area contributed by atoms with Gasteiger partial charge in [0.1, 0.15) is 0 Å². The van der Waals surface area contributed by atoms with Crippen molar-refractivity contribution in [3.63, 3.8) is 0 Å². The second kappa shape index (κ2) is 5.69. The average molecular weight is 314 g/mol. The lowest BCUT2D eigenvalue weighted by molar-refractivity contribution is 0.102. The lowest BCUT2D eigenvalue weighted by Gasteiger charge is -2.08. The number of nitrogens with one attached hydrogen (secondary N) is 1. The maximum Gasteiger partial charge on any atom is 0.278 e. The topological polar surface area (TPSA) is 76.9 Å². The molecule has 1 amide bonds. The molecule has 0 aliphatic rings. The van der Waals surface area contributed by atoms with Gasteiger partial charge in [0.2, 0.25) is 0 Å². The molecule has 6 nitrogen and oxygen atoms in total. The molecule has 0 bridgehead atoms. The number of hydrogen-bond donors (Lipinski definition) is 1. The van der Waals surface area contributed by atoms with Gasteiger partial charge in [0, 0.05) is 17.3 Å². The Hall–Kier alpha value is -2.54. The van der Waals surface area contributed by atoms with E-state index in [0.29, 0.717) is 22.4 Å². The van der Waals surface area contributed by atoms with Gasteiger partial charge in [-0.3, -0.25) is 14.9 Å². The smallest absolute Gasteiger partial charge is 0.278 e. The maximum absolute atomic E-state index is 12.5. The van der Waals surface area contributed by atoms with Crippen LogP contribution >= 0.6 is 11.3 Å². The highest BCUT2D eigenvalue weighted by molar-refractivity contribution is 7.13. The predicted molar refractivity (Wildman–Crippen MR) is 86.5 cm³/mol. The van der Waals surface area contributed by atoms with Gasteiger partial charge in [-0.25, -0.2) is 9.67 Å². The van der Waals surface area contributed by atoms with Crippen molar-refractivity contribution in [2.24, 2.45) is 0 Å². The monoisotopic (exact) mass is 314 g/mol. The fourth-order valence-corrected chi connectivity index (χ4v) is 2.87. The first-order chi connectivity index (χ1) is 10.6. The lowest BCUT2D eigenvalue weighted by Crippen LogP contribution is -2.27. The Morgan fingerprint density at radius 2 is 2.05 bits per heavy atom. The minimum atomic E-state index is -0.368. The van der Waals surface area contributed by atoms with Crippen molar-refractivity contribution in [2.45, 2.75) is 20.4 Å². The van der Waals surface area contributed by atoms with Gasteiger partial charge in [-0.1, -0.05) is 18.2 Å². The van der Waals surface area contributed by atoms with E-state index in [1.54, 1.807) is 24.3 Å². The van der Waals surface area contributed by atoms with Crippen molar-refractivity contribution in [1.82, 2.24) is 14.8 Å². The Kier molecular flexibility index (Phi) is 3.72. The quantitative estimate of drug-likeness (QED) is 0.805. The van der Waals surface area contributed by atoms with Crippen molar-refractivity contribution < 1.29 is 4.79 Å². The molecule has 7 heteroatoms. The molecular weight excluding hydrogens is 300 g/mol. The SMILES string of the molecule is CCn1nc(C(=O)Nc2nc(C)cs2)c2ccccc2c1=O. The number of anilines is 1. The summed E-state index contributed by atoms with van der Waals surface area (Å²) in [5.74, 6) is -0.368. The summed E-state index contributed by atoms with van der Waals surface area (Å²) in [6.45, 7) is 4.08. The molecule has 0 unspecified atom stereocenters. The van der Waals surface area contributed by atoms with Gasteiger partial charge >= 0.3 is 0 Å². The third-order valence-electron chi connectivity index (χ3n) is 3.22. The van der Waals surface area contributed by atoms with Crippen molar-refractivity contribution in [3.05, 3.63) is 51.4 Å². The van der Waals surface area contributed by atoms with Gasteiger partial charge in [0.15, 0.2) is 10.8 Å². The van der Waals surface area contributed by atoms with E-state index in [2.05, 4.69) is 15.4 Å². The summed E-state index contributed by atoms with van der Waals surface area (Å²) >= 11 is 1.35. The molecule has 0 aliphatic heterocycles. The Balaban J connectivity index is 2.11. The molecular formula is C15H14N4O2S. The van der Waals surface area contributed by atoms with Gasteiger partial charge in [-0.2, -0.15) is 5.10 Å². The summed E-state index contributed by atoms with van der Waals surface area (Å²) < 4.78 is 1.30. The molecule has 1 N–H and O–H groups in total. The molecule has 3 aromatic rings. The van der Waals surface area contributed by atoms with Gasteiger partial charge in [0.25, 0.3) is 11.5 Å². The zero-order chi connectivity index (χ0) is 15.7. The first kappa shape index (κ1) is 14.4. The van der Waals surface area contributed by atoms with Crippen LogP contribution in [-0.2, 0) is 6.54 Å². The lowest BCUT2D eigenvalue weighted by atomic mass is 10.1. The van der Waals surface area contributed by atoms with Crippen LogP contribution in [0.2, 0.25) is 0 Å². The number of nitrogens with zero attached hydrogens (tertiary/aromatic N) is 3. The summed E-state index contributed by atoms with van der Waals surface area (Å²) in [4.78, 5) is 29.0. The molecule has 3 rings (SSSR count). The number of thiazole rings is 1. The molecule has 1 aromatic carbocycles. The summed E-state index contributed by atoms with van der Waals surface area (Å²) in [6.07, 6.45) is 0. The van der Waals surface area contributed by atoms with Crippen LogP contribution in [-0.4, -0.2) is 20.7 Å². The number of aromatic nitrogens is 3. The fraction of sp³-hybridized carbons (Fsp3) is 0.200. The number of fused-ring (bicyclic) bond motifs is 1. The Bertz CT molecular complexity index is 913. The Morgan fingerprint density at radius 1 is 1.32 bits per heavy atom. The van der Waals surface area contributed by atoms with Crippen LogP contribution < -0.4 is 10.9 Å². The minimum Gasteiger partial charge on any atom is -0.296 e. The van der Waals surface area contributed by atoms with Crippen molar-refractivity contribution in [1.29, 1.82) is 0 Å². The first-order valence-electron chi connectivity index (χ1n) is 6.83. The highest BCUT2D eigenvalue weighted by Crippen LogP contribution is 2.18. The molecule has 0 spiro atoms. The largest absolute Gasteiger partial charge is 0.296 e. The van der Waals surface area contributed by atoms with E-state index in [1.807, 2.05) is 19.2 Å². The van der Waals surface area contributed by atoms with Gasteiger partial charge in [-0.05, 0) is 19.9 Å². The summed E-state index contributed by atoms with van der Waals surface area (Å²) in [5.41, 5.74) is 0.876. The van der Waals surface area contributed by atoms with Gasteiger partial charge < -0.3 is 0 Å². The van der Waals surface area contributed by atoms with Crippen LogP contribution in [0.5, 0.6) is 0 Å². The second-order valence-corrected chi connectivity index (χ2v) is 5.62. The Morgan fingerprint density at radius 3 is 2.68 bits per heavy atom. The van der Waals surface area contributed by atoms with E-state index in [1.165, 1.54) is 16.0 Å². The number of carbonyl (C=O) groups is 1. The molecule has 0 aliphatic carbocycles. The normalized spacial score (nSPS) is 10.8. The molecule has 2 heterocycles. The van der Waals surface area contributed by atoms with E-state index >= 15 is 0 Å². The van der Waals surface area contributed by atoms with Crippen molar-refractivity contribution in [3.8, 4) is 0 Å². The zero-order valence-electron chi connectivity index (χ0n) is 12.2. The highest BCUT2D eigenvalue weighted by Gasteiger charge is 2.17. The van der Waals surface area contributed by atoms with Crippen molar-refractivity contribution in [2.75, 3.05) is 5.32 Å². The number of hydrogen-bond acceptors (Lipinski definition) is 5. The molecule has 112 valence electrons. The van der Waals surface area contributed by atoms with Crippen LogP contribution in [0.1, 0.15) is 23.1 Å². The molecule has 0 fully saturated rings. The molecule has 0 atom stereocenters. The Labute approximate surface area is 130 Å². The number of amides is 1. The highest BCUT2D eigenvalue weighted by atomic mass is 32.1. The van der Waals surface area contributed by atoms with Crippen LogP contribution in [0.3, 0.4) is 0 Å². The van der Waals surface area contributed by atoms with Crippen LogP contribution in [0, 0.1) is 6.92 Å². The van der Waals surface area contributed by atoms with Gasteiger partial charge in [0.05, 0.1) is 11.1 Å². The third-order valence-corrected chi connectivity index (χ3v) is 4.10. The van der Waals surface area contributed by atoms with E-state index in [-0.39, 0.29) is 17.2 Å². The predicted octanol–water partition coefficient (Wildman–Crippen LogP) is 2.43. The summed E-state index contributed by atoms with van der Waals surface area (Å²) in [6, 6.07) is 6.99. The maximum atomic E-state index is 12.5. The molecule has 2 aromatic heterocycles. The van der Waals surface area contributed by atoms with Gasteiger partial charge in [-0.15, -0.1) is 11.3 Å². The van der Waals surface area contributed by atoms with E-state index < -0.39 is 0 Å². The summed E-state index contributed by atoms with van der Waals surface area (Å²) in [5, 5.41) is 10.3. The molecule has 0 saturated heterocycles. The fourth-order valence-electron chi connectivity index (χ4n) is 2.18. The van der Waals surface area contributed by atoms with E-state index in [0.717, 1.165) is 5.69 Å². The molecule has 22 heavy (non-hydrogen) atoms. The molecule has 0 radical (unpaired) electrons.